The molecule has 1 N–H and O–H groups in total. The molecule has 0 aliphatic heterocycles. The topological polar surface area (TPSA) is 44.0 Å². The first-order chi connectivity index (χ1) is 5.15. The van der Waals surface area contributed by atoms with E-state index in [1.807, 2.05) is 6.07 Å². The monoisotopic (exact) mass is 187 g/mol. The Kier molecular flexibility index (Phi) is 2.23. The van der Waals surface area contributed by atoms with Crippen LogP contribution in [0.5, 0.6) is 5.75 Å². The Balaban J connectivity index is 3.35. The average Bonchev–Trinajstić information content (AvgIpc) is 1.99. The number of hydrogen-bond donors (Lipinski definition) is 1. The minimum atomic E-state index is -0.188. The number of nitriles is 1. The molecule has 0 aliphatic rings. The summed E-state index contributed by atoms with van der Waals surface area (Å²) >= 11 is 11.0. The van der Waals surface area contributed by atoms with Gasteiger partial charge in [0.25, 0.3) is 0 Å². The summed E-state index contributed by atoms with van der Waals surface area (Å²) in [6, 6.07) is 4.56. The zero-order valence-electron chi connectivity index (χ0n) is 5.31. The molecule has 4 heteroatoms. The van der Waals surface area contributed by atoms with Crippen molar-refractivity contribution in [3.05, 3.63) is 27.7 Å². The average molecular weight is 188 g/mol. The Morgan fingerprint density at radius 3 is 2.09 bits per heavy atom. The van der Waals surface area contributed by atoms with Gasteiger partial charge in [0.1, 0.15) is 0 Å². The summed E-state index contributed by atoms with van der Waals surface area (Å²) in [7, 11) is 0. The number of phenolic OH excluding ortho intramolecular Hbond substituents is 1. The number of nitrogens with zero attached hydrogens (tertiary/aromatic N) is 1. The van der Waals surface area contributed by atoms with Gasteiger partial charge in [0.15, 0.2) is 5.75 Å². The lowest BCUT2D eigenvalue weighted by molar-refractivity contribution is 0.476. The first-order valence-electron chi connectivity index (χ1n) is 2.73. The van der Waals surface area contributed by atoms with Gasteiger partial charge in [0, 0.05) is 0 Å². The van der Waals surface area contributed by atoms with E-state index in [9.17, 15) is 0 Å². The predicted molar refractivity (Wildman–Crippen MR) is 42.8 cm³/mol. The third-order valence-corrected chi connectivity index (χ3v) is 1.72. The van der Waals surface area contributed by atoms with Gasteiger partial charge >= 0.3 is 0 Å². The number of rotatable bonds is 0. The smallest absolute Gasteiger partial charge is 0.152 e. The molecule has 0 amide bonds. The predicted octanol–water partition coefficient (Wildman–Crippen LogP) is 2.57. The third-order valence-electron chi connectivity index (χ3n) is 1.15. The molecule has 0 saturated heterocycles. The summed E-state index contributed by atoms with van der Waals surface area (Å²) in [5.41, 5.74) is 0.331. The van der Waals surface area contributed by atoms with E-state index in [2.05, 4.69) is 0 Å². The SMILES string of the molecule is N#Cc1cc(Cl)c(O)c(Cl)c1. The van der Waals surface area contributed by atoms with Crippen molar-refractivity contribution in [2.75, 3.05) is 0 Å². The van der Waals surface area contributed by atoms with E-state index in [4.69, 9.17) is 33.6 Å². The summed E-state index contributed by atoms with van der Waals surface area (Å²) < 4.78 is 0. The Bertz CT molecular complexity index is 307. The Labute approximate surface area is 73.6 Å². The molecule has 1 rings (SSSR count). The third kappa shape index (κ3) is 1.56. The molecule has 0 aromatic heterocycles. The minimum absolute atomic E-state index is 0.0917. The highest BCUT2D eigenvalue weighted by Crippen LogP contribution is 2.32. The number of halogens is 2. The molecule has 0 fully saturated rings. The lowest BCUT2D eigenvalue weighted by Crippen LogP contribution is -1.76. The molecule has 0 spiro atoms. The van der Waals surface area contributed by atoms with Crippen molar-refractivity contribution < 1.29 is 5.11 Å². The molecular formula is C7H3Cl2NO. The van der Waals surface area contributed by atoms with Crippen molar-refractivity contribution in [1.82, 2.24) is 0 Å². The first kappa shape index (κ1) is 8.19. The van der Waals surface area contributed by atoms with E-state index in [0.717, 1.165) is 0 Å². The van der Waals surface area contributed by atoms with Gasteiger partial charge < -0.3 is 5.11 Å². The van der Waals surface area contributed by atoms with E-state index >= 15 is 0 Å². The molecule has 0 aliphatic carbocycles. The molecule has 0 heterocycles. The fraction of sp³-hybridized carbons (Fsp3) is 0. The zero-order valence-corrected chi connectivity index (χ0v) is 6.82. The summed E-state index contributed by atoms with van der Waals surface area (Å²) in [4.78, 5) is 0. The van der Waals surface area contributed by atoms with Gasteiger partial charge in [-0.3, -0.25) is 0 Å². The van der Waals surface area contributed by atoms with Crippen LogP contribution in [0.3, 0.4) is 0 Å². The van der Waals surface area contributed by atoms with Crippen LogP contribution in [0, 0.1) is 11.3 Å². The van der Waals surface area contributed by atoms with Gasteiger partial charge in [-0.2, -0.15) is 5.26 Å². The fourth-order valence-corrected chi connectivity index (χ4v) is 1.12. The number of phenols is 1. The van der Waals surface area contributed by atoms with Crippen molar-refractivity contribution in [3.63, 3.8) is 0 Å². The highest BCUT2D eigenvalue weighted by molar-refractivity contribution is 6.37. The van der Waals surface area contributed by atoms with Crippen molar-refractivity contribution in [1.29, 1.82) is 5.26 Å². The van der Waals surface area contributed by atoms with Crippen molar-refractivity contribution in [2.45, 2.75) is 0 Å². The standard InChI is InChI=1S/C7H3Cl2NO/c8-5-1-4(3-10)2-6(9)7(5)11/h1-2,11H. The number of hydrogen-bond acceptors (Lipinski definition) is 2. The van der Waals surface area contributed by atoms with Gasteiger partial charge in [0.2, 0.25) is 0 Å². The number of benzene rings is 1. The highest BCUT2D eigenvalue weighted by Gasteiger charge is 2.05. The Morgan fingerprint density at radius 2 is 1.73 bits per heavy atom. The molecule has 1 aromatic carbocycles. The molecule has 11 heavy (non-hydrogen) atoms. The van der Waals surface area contributed by atoms with Crippen molar-refractivity contribution >= 4 is 23.2 Å². The van der Waals surface area contributed by atoms with Crippen LogP contribution >= 0.6 is 23.2 Å². The first-order valence-corrected chi connectivity index (χ1v) is 3.49. The van der Waals surface area contributed by atoms with E-state index in [-0.39, 0.29) is 15.8 Å². The fourth-order valence-electron chi connectivity index (χ4n) is 0.630. The van der Waals surface area contributed by atoms with Crippen LogP contribution in [0.25, 0.3) is 0 Å². The largest absolute Gasteiger partial charge is 0.505 e. The molecule has 0 atom stereocenters. The molecule has 1 aromatic rings. The van der Waals surface area contributed by atoms with Crippen LogP contribution in [0.4, 0.5) is 0 Å². The molecule has 0 radical (unpaired) electrons. The maximum Gasteiger partial charge on any atom is 0.152 e. The molecule has 0 unspecified atom stereocenters. The maximum atomic E-state index is 9.05. The number of aromatic hydroxyl groups is 1. The normalized spacial score (nSPS) is 9.18. The van der Waals surface area contributed by atoms with Crippen LogP contribution in [0.1, 0.15) is 5.56 Å². The van der Waals surface area contributed by atoms with E-state index < -0.39 is 0 Å². The van der Waals surface area contributed by atoms with Gasteiger partial charge in [-0.05, 0) is 12.1 Å². The summed E-state index contributed by atoms with van der Waals surface area (Å²) in [5, 5.41) is 17.7. The second-order valence-electron chi connectivity index (χ2n) is 1.90. The molecule has 2 nitrogen and oxygen atoms in total. The van der Waals surface area contributed by atoms with Gasteiger partial charge in [-0.25, -0.2) is 0 Å². The summed E-state index contributed by atoms with van der Waals surface area (Å²) in [6.45, 7) is 0. The van der Waals surface area contributed by atoms with Gasteiger partial charge in [0.05, 0.1) is 21.7 Å². The molecule has 0 bridgehead atoms. The van der Waals surface area contributed by atoms with Gasteiger partial charge in [-0.15, -0.1) is 0 Å². The quantitative estimate of drug-likeness (QED) is 0.679. The van der Waals surface area contributed by atoms with Crippen molar-refractivity contribution in [2.24, 2.45) is 0 Å². The van der Waals surface area contributed by atoms with E-state index in [1.165, 1.54) is 12.1 Å². The minimum Gasteiger partial charge on any atom is -0.505 e. The molecule has 56 valence electrons. The second kappa shape index (κ2) is 3.00. The maximum absolute atomic E-state index is 9.05. The van der Waals surface area contributed by atoms with E-state index in [0.29, 0.717) is 5.56 Å². The van der Waals surface area contributed by atoms with Crippen LogP contribution in [-0.2, 0) is 0 Å². The van der Waals surface area contributed by atoms with Crippen LogP contribution < -0.4 is 0 Å². The summed E-state index contributed by atoms with van der Waals surface area (Å²) in [5.74, 6) is -0.188. The van der Waals surface area contributed by atoms with Crippen LogP contribution in [-0.4, -0.2) is 5.11 Å². The lowest BCUT2D eigenvalue weighted by Gasteiger charge is -1.98. The van der Waals surface area contributed by atoms with Crippen molar-refractivity contribution in [3.8, 4) is 11.8 Å². The van der Waals surface area contributed by atoms with E-state index in [1.54, 1.807) is 0 Å². The Hall–Kier alpha value is -0.910. The second-order valence-corrected chi connectivity index (χ2v) is 2.71. The molecular weight excluding hydrogens is 185 g/mol. The lowest BCUT2D eigenvalue weighted by atomic mass is 10.2. The highest BCUT2D eigenvalue weighted by atomic mass is 35.5. The summed E-state index contributed by atoms with van der Waals surface area (Å²) in [6.07, 6.45) is 0. The zero-order chi connectivity index (χ0) is 8.43. The Morgan fingerprint density at radius 1 is 1.27 bits per heavy atom. The van der Waals surface area contributed by atoms with Crippen LogP contribution in [0.15, 0.2) is 12.1 Å². The molecule has 0 saturated carbocycles. The van der Waals surface area contributed by atoms with Gasteiger partial charge in [-0.1, -0.05) is 23.2 Å². The van der Waals surface area contributed by atoms with Crippen LogP contribution in [0.2, 0.25) is 10.0 Å².